The number of unbranched alkanes of at least 4 members (excludes halogenated alkanes) is 2. The van der Waals surface area contributed by atoms with Gasteiger partial charge in [-0.05, 0) is 6.42 Å². The zero-order valence-electron chi connectivity index (χ0n) is 9.01. The van der Waals surface area contributed by atoms with Crippen molar-refractivity contribution in [1.82, 2.24) is 0 Å². The smallest absolute Gasteiger partial charge is 0.290 e. The molecule has 2 atom stereocenters. The molecule has 0 aliphatic carbocycles. The number of aliphatic hydroxyl groups is 1. The minimum Gasteiger partial charge on any atom is -0.388 e. The van der Waals surface area contributed by atoms with Crippen molar-refractivity contribution < 1.29 is 24.5 Å². The molecule has 0 aliphatic rings. The number of rotatable bonds is 7. The summed E-state index contributed by atoms with van der Waals surface area (Å²) in [6.07, 6.45) is -1.44. The van der Waals surface area contributed by atoms with Gasteiger partial charge in [-0.1, -0.05) is 51.7 Å². The Balaban J connectivity index is 4.91. The standard InChI is InChI=1S/C9H17F5OS/c1-3-5-6-7-9(8(15)4-2)16(10,11,12,13)14/h4,8-9,15H,2-3,5-7H2,1H3. The van der Waals surface area contributed by atoms with Crippen LogP contribution in [0.25, 0.3) is 0 Å². The summed E-state index contributed by atoms with van der Waals surface area (Å²) in [4.78, 5) is 0. The van der Waals surface area contributed by atoms with Crippen molar-refractivity contribution in [2.24, 2.45) is 0 Å². The SMILES string of the molecule is C=CC(O)C(CCCCC)S(F)(F)(F)(F)F. The second-order valence-electron chi connectivity index (χ2n) is 3.79. The molecule has 16 heavy (non-hydrogen) atoms. The van der Waals surface area contributed by atoms with Gasteiger partial charge >= 0.3 is 0 Å². The van der Waals surface area contributed by atoms with E-state index < -0.39 is 28.0 Å². The maximum absolute atomic E-state index is 12.5. The molecule has 0 saturated heterocycles. The summed E-state index contributed by atoms with van der Waals surface area (Å²) in [6.45, 7) is 4.67. The molecule has 0 spiro atoms. The second-order valence-corrected chi connectivity index (χ2v) is 6.45. The van der Waals surface area contributed by atoms with Gasteiger partial charge in [0.05, 0.1) is 6.10 Å². The van der Waals surface area contributed by atoms with Crippen molar-refractivity contribution >= 4 is 10.2 Å². The van der Waals surface area contributed by atoms with E-state index in [-0.39, 0.29) is 6.42 Å². The van der Waals surface area contributed by atoms with Crippen LogP contribution >= 0.6 is 10.2 Å². The van der Waals surface area contributed by atoms with E-state index in [9.17, 15) is 19.4 Å². The van der Waals surface area contributed by atoms with E-state index in [1.165, 1.54) is 0 Å². The molecule has 100 valence electrons. The maximum Gasteiger partial charge on any atom is 0.290 e. The highest BCUT2D eigenvalue weighted by molar-refractivity contribution is 8.46. The Morgan fingerprint density at radius 3 is 2.00 bits per heavy atom. The van der Waals surface area contributed by atoms with Gasteiger partial charge in [0.25, 0.3) is 10.2 Å². The predicted octanol–water partition coefficient (Wildman–Crippen LogP) is 4.78. The molecule has 0 heterocycles. The predicted molar refractivity (Wildman–Crippen MR) is 57.3 cm³/mol. The summed E-state index contributed by atoms with van der Waals surface area (Å²) in [5, 5.41) is 6.01. The molecule has 0 aromatic rings. The topological polar surface area (TPSA) is 20.2 Å². The van der Waals surface area contributed by atoms with Gasteiger partial charge in [0.15, 0.2) is 0 Å². The van der Waals surface area contributed by atoms with Crippen molar-refractivity contribution in [3.8, 4) is 0 Å². The van der Waals surface area contributed by atoms with Crippen molar-refractivity contribution in [3.05, 3.63) is 12.7 Å². The molecule has 7 heteroatoms. The second kappa shape index (κ2) is 4.18. The highest BCUT2D eigenvalue weighted by atomic mass is 32.5. The van der Waals surface area contributed by atoms with E-state index in [0.29, 0.717) is 18.9 Å². The van der Waals surface area contributed by atoms with E-state index in [4.69, 9.17) is 5.11 Å². The van der Waals surface area contributed by atoms with Crippen LogP contribution in [0.2, 0.25) is 0 Å². The molecule has 0 radical (unpaired) electrons. The molecule has 2 unspecified atom stereocenters. The summed E-state index contributed by atoms with van der Waals surface area (Å²) >= 11 is 0. The van der Waals surface area contributed by atoms with E-state index in [0.717, 1.165) is 0 Å². The average Bonchev–Trinajstić information content (AvgIpc) is 2.07. The van der Waals surface area contributed by atoms with Crippen LogP contribution < -0.4 is 0 Å². The highest BCUT2D eigenvalue weighted by Gasteiger charge is 2.70. The highest BCUT2D eigenvalue weighted by Crippen LogP contribution is 3.01. The fourth-order valence-corrected chi connectivity index (χ4v) is 2.65. The molecule has 0 fully saturated rings. The monoisotopic (exact) mass is 268 g/mol. The minimum atomic E-state index is -9.65. The van der Waals surface area contributed by atoms with Gasteiger partial charge < -0.3 is 5.11 Å². The van der Waals surface area contributed by atoms with Crippen LogP contribution in [0.3, 0.4) is 0 Å². The molecular weight excluding hydrogens is 251 g/mol. The first kappa shape index (κ1) is 15.7. The number of aliphatic hydroxyl groups excluding tert-OH is 1. The molecule has 1 N–H and O–H groups in total. The Kier molecular flexibility index (Phi) is 4.10. The molecular formula is C9H17F5OS. The van der Waals surface area contributed by atoms with Crippen molar-refractivity contribution in [1.29, 1.82) is 0 Å². The minimum absolute atomic E-state index is 0.0116. The maximum atomic E-state index is 12.5. The largest absolute Gasteiger partial charge is 0.388 e. The molecule has 0 aromatic carbocycles. The van der Waals surface area contributed by atoms with Crippen molar-refractivity contribution in [2.75, 3.05) is 0 Å². The lowest BCUT2D eigenvalue weighted by Gasteiger charge is -2.48. The van der Waals surface area contributed by atoms with Crippen LogP contribution in [-0.4, -0.2) is 16.5 Å². The van der Waals surface area contributed by atoms with Gasteiger partial charge in [-0.2, -0.15) is 0 Å². The van der Waals surface area contributed by atoms with Crippen LogP contribution in [0, 0.1) is 0 Å². The fraction of sp³-hybridized carbons (Fsp3) is 0.778. The Hall–Kier alpha value is -0.300. The summed E-state index contributed by atoms with van der Waals surface area (Å²) in [7, 11) is -9.65. The van der Waals surface area contributed by atoms with E-state index in [2.05, 4.69) is 6.58 Å². The molecule has 0 rings (SSSR count). The third-order valence-electron chi connectivity index (χ3n) is 2.29. The normalized spacial score (nSPS) is 20.7. The number of hydrogen-bond acceptors (Lipinski definition) is 1. The zero-order valence-corrected chi connectivity index (χ0v) is 9.83. The molecule has 0 aliphatic heterocycles. The van der Waals surface area contributed by atoms with Crippen LogP contribution in [0.4, 0.5) is 19.4 Å². The summed E-state index contributed by atoms with van der Waals surface area (Å²) in [5.41, 5.74) is 0. The van der Waals surface area contributed by atoms with Gasteiger partial charge in [-0.15, -0.1) is 6.58 Å². The quantitative estimate of drug-likeness (QED) is 0.400. The van der Waals surface area contributed by atoms with E-state index in [1.807, 2.05) is 0 Å². The third kappa shape index (κ3) is 5.16. The Morgan fingerprint density at radius 2 is 1.69 bits per heavy atom. The number of hydrogen-bond donors (Lipinski definition) is 1. The average molecular weight is 268 g/mol. The zero-order chi connectivity index (χ0) is 13.1. The van der Waals surface area contributed by atoms with Crippen LogP contribution in [-0.2, 0) is 0 Å². The summed E-state index contributed by atoms with van der Waals surface area (Å²) in [6, 6.07) is 0. The lowest BCUT2D eigenvalue weighted by Crippen LogP contribution is -2.35. The lowest BCUT2D eigenvalue weighted by molar-refractivity contribution is 0.184. The van der Waals surface area contributed by atoms with Gasteiger partial charge in [0.2, 0.25) is 0 Å². The van der Waals surface area contributed by atoms with Gasteiger partial charge in [-0.25, -0.2) is 0 Å². The Morgan fingerprint density at radius 1 is 1.19 bits per heavy atom. The van der Waals surface area contributed by atoms with E-state index >= 15 is 0 Å². The Labute approximate surface area is 92.1 Å². The Bertz CT molecular complexity index is 246. The lowest BCUT2D eigenvalue weighted by atomic mass is 10.1. The first-order chi connectivity index (χ1) is 6.92. The first-order valence-electron chi connectivity index (χ1n) is 4.96. The molecule has 0 amide bonds. The van der Waals surface area contributed by atoms with Gasteiger partial charge in [-0.3, -0.25) is 0 Å². The molecule has 0 aromatic heterocycles. The van der Waals surface area contributed by atoms with Gasteiger partial charge in [0, 0.05) is 0 Å². The fourth-order valence-electron chi connectivity index (χ4n) is 1.40. The van der Waals surface area contributed by atoms with Crippen molar-refractivity contribution in [2.45, 2.75) is 44.0 Å². The van der Waals surface area contributed by atoms with Crippen LogP contribution in [0.15, 0.2) is 12.7 Å². The van der Waals surface area contributed by atoms with Gasteiger partial charge in [0.1, 0.15) is 5.25 Å². The summed E-state index contributed by atoms with van der Waals surface area (Å²) in [5.74, 6) is 0. The molecule has 0 bridgehead atoms. The molecule has 1 nitrogen and oxygen atoms in total. The summed E-state index contributed by atoms with van der Waals surface area (Å²) < 4.78 is 62.7. The number of halogens is 5. The first-order valence-corrected chi connectivity index (χ1v) is 6.97. The van der Waals surface area contributed by atoms with Crippen molar-refractivity contribution in [3.63, 3.8) is 0 Å². The van der Waals surface area contributed by atoms with E-state index in [1.54, 1.807) is 6.92 Å². The van der Waals surface area contributed by atoms with Crippen LogP contribution in [0.1, 0.15) is 32.6 Å². The van der Waals surface area contributed by atoms with Crippen LogP contribution in [0.5, 0.6) is 0 Å². The molecule has 0 saturated carbocycles. The third-order valence-corrected chi connectivity index (χ3v) is 3.95.